The molecule has 4 rings (SSSR count). The Balaban J connectivity index is 1.93. The van der Waals surface area contributed by atoms with Gasteiger partial charge in [0.2, 0.25) is 0 Å². The Kier molecular flexibility index (Phi) is 5.45. The molecule has 0 atom stereocenters. The van der Waals surface area contributed by atoms with Gasteiger partial charge in [0, 0.05) is 43.1 Å². The van der Waals surface area contributed by atoms with Crippen LogP contribution in [0.25, 0.3) is 11.6 Å². The number of nitrogens with zero attached hydrogens (tertiary/aromatic N) is 2. The van der Waals surface area contributed by atoms with Gasteiger partial charge in [-0.1, -0.05) is 36.4 Å². The third-order valence-corrected chi connectivity index (χ3v) is 5.69. The van der Waals surface area contributed by atoms with Crippen LogP contribution >= 0.6 is 0 Å². The summed E-state index contributed by atoms with van der Waals surface area (Å²) in [6, 6.07) is 15.1. The summed E-state index contributed by atoms with van der Waals surface area (Å²) in [5.41, 5.74) is 7.79. The highest BCUT2D eigenvalue weighted by Gasteiger charge is 2.26. The summed E-state index contributed by atoms with van der Waals surface area (Å²) in [7, 11) is 8.26. The first-order chi connectivity index (χ1) is 14.7. The molecule has 0 aromatic heterocycles. The van der Waals surface area contributed by atoms with E-state index in [4.69, 9.17) is 4.74 Å². The van der Waals surface area contributed by atoms with E-state index in [9.17, 15) is 0 Å². The molecular weight excluding hydrogens is 380 g/mol. The summed E-state index contributed by atoms with van der Waals surface area (Å²) < 4.78 is 8.60. The Bertz CT molecular complexity index is 1130. The first kappa shape index (κ1) is 20.9. The molecule has 0 saturated heterocycles. The average Bonchev–Trinajstić information content (AvgIpc) is 2.74. The van der Waals surface area contributed by atoms with Gasteiger partial charge < -0.3 is 9.64 Å². The summed E-state index contributed by atoms with van der Waals surface area (Å²) in [6.45, 7) is 4.20. The fourth-order valence-corrected chi connectivity index (χ4v) is 3.91. The van der Waals surface area contributed by atoms with E-state index in [2.05, 4.69) is 130 Å². The number of anilines is 1. The maximum Gasteiger partial charge on any atom is 0.199 e. The molecule has 3 nitrogen and oxygen atoms in total. The van der Waals surface area contributed by atoms with Crippen molar-refractivity contribution in [1.82, 2.24) is 0 Å². The maximum absolute atomic E-state index is 6.47. The van der Waals surface area contributed by atoms with Gasteiger partial charge in [-0.3, -0.25) is 0 Å². The molecule has 1 aliphatic heterocycles. The molecule has 2 aliphatic rings. The molecule has 0 saturated carbocycles. The zero-order valence-electron chi connectivity index (χ0n) is 19.3. The minimum absolute atomic E-state index is 0.336. The van der Waals surface area contributed by atoms with Crippen LogP contribution in [0.2, 0.25) is 0 Å². The summed E-state index contributed by atoms with van der Waals surface area (Å²) in [6.07, 6.45) is 13.0. The first-order valence-corrected chi connectivity index (χ1v) is 10.7. The van der Waals surface area contributed by atoms with Crippen LogP contribution in [0.3, 0.4) is 0 Å². The van der Waals surface area contributed by atoms with Crippen LogP contribution in [0.15, 0.2) is 78.4 Å². The molecule has 0 bridgehead atoms. The highest BCUT2D eigenvalue weighted by molar-refractivity contribution is 6.04. The van der Waals surface area contributed by atoms with E-state index in [-0.39, 0.29) is 5.60 Å². The molecule has 1 aliphatic carbocycles. The summed E-state index contributed by atoms with van der Waals surface area (Å²) in [5.74, 6) is 0.943. The van der Waals surface area contributed by atoms with Crippen LogP contribution in [0.5, 0.6) is 5.75 Å². The lowest BCUT2D eigenvalue weighted by Gasteiger charge is -2.30. The van der Waals surface area contributed by atoms with Crippen molar-refractivity contribution >= 4 is 23.0 Å². The molecule has 2 aromatic rings. The number of ether oxygens (including phenoxy) is 1. The molecule has 3 heteroatoms. The van der Waals surface area contributed by atoms with Crippen LogP contribution in [-0.2, 0) is 0 Å². The monoisotopic (exact) mass is 411 g/mol. The van der Waals surface area contributed by atoms with E-state index in [0.29, 0.717) is 0 Å². The van der Waals surface area contributed by atoms with E-state index in [1.165, 1.54) is 28.1 Å². The predicted octanol–water partition coefficient (Wildman–Crippen LogP) is 5.58. The van der Waals surface area contributed by atoms with E-state index in [1.807, 2.05) is 0 Å². The fourth-order valence-electron chi connectivity index (χ4n) is 3.91. The van der Waals surface area contributed by atoms with Crippen molar-refractivity contribution in [2.75, 3.05) is 33.1 Å². The summed E-state index contributed by atoms with van der Waals surface area (Å²) in [4.78, 5) is 2.12. The highest BCUT2D eigenvalue weighted by Crippen LogP contribution is 2.41. The molecule has 2 aromatic carbocycles. The Morgan fingerprint density at radius 2 is 1.55 bits per heavy atom. The molecular formula is C28H31N2O+. The summed E-state index contributed by atoms with van der Waals surface area (Å²) >= 11 is 0. The van der Waals surface area contributed by atoms with E-state index < -0.39 is 0 Å². The quantitative estimate of drug-likeness (QED) is 0.613. The van der Waals surface area contributed by atoms with Crippen molar-refractivity contribution in [3.8, 4) is 5.75 Å². The van der Waals surface area contributed by atoms with E-state index in [1.54, 1.807) is 0 Å². The second-order valence-electron chi connectivity index (χ2n) is 9.02. The second-order valence-corrected chi connectivity index (χ2v) is 9.02. The highest BCUT2D eigenvalue weighted by atomic mass is 16.5. The van der Waals surface area contributed by atoms with E-state index in [0.717, 1.165) is 16.9 Å². The molecule has 158 valence electrons. The fraction of sp³-hybridized carbons (Fsp3) is 0.250. The number of allylic oxidation sites excluding steroid dienone is 5. The number of benzene rings is 2. The SMILES string of the molecule is CN(C)c1ccc(C(=C2C=CC(=[N+](C)C)C=C2)c2cccc3c2OC(C)(C)C=C3)cc1. The Morgan fingerprint density at radius 1 is 0.871 bits per heavy atom. The molecule has 0 spiro atoms. The van der Waals surface area contributed by atoms with Crippen molar-refractivity contribution in [2.45, 2.75) is 19.4 Å². The standard InChI is InChI=1S/C28H31N2O/c1-28(2)19-18-22-8-7-9-25(27(22)31-28)26(20-10-14-23(15-11-20)29(3)4)21-12-16-24(17-13-21)30(5)6/h7-19H,1-6H3/q+1. The number of rotatable bonds is 3. The Labute approximate surface area is 186 Å². The smallest absolute Gasteiger partial charge is 0.199 e. The van der Waals surface area contributed by atoms with Gasteiger partial charge in [0.25, 0.3) is 0 Å². The maximum atomic E-state index is 6.47. The van der Waals surface area contributed by atoms with Gasteiger partial charge in [-0.2, -0.15) is 0 Å². The van der Waals surface area contributed by atoms with Gasteiger partial charge in [-0.05, 0) is 60.9 Å². The molecule has 31 heavy (non-hydrogen) atoms. The number of hydrogen-bond donors (Lipinski definition) is 0. The first-order valence-electron chi connectivity index (χ1n) is 10.7. The molecule has 1 heterocycles. The van der Waals surface area contributed by atoms with Gasteiger partial charge in [-0.15, -0.1) is 0 Å². The zero-order chi connectivity index (χ0) is 22.2. The van der Waals surface area contributed by atoms with Crippen LogP contribution in [0, 0.1) is 0 Å². The van der Waals surface area contributed by atoms with Crippen molar-refractivity contribution in [1.29, 1.82) is 0 Å². The third kappa shape index (κ3) is 4.27. The van der Waals surface area contributed by atoms with Crippen molar-refractivity contribution in [3.05, 3.63) is 95.1 Å². The number of fused-ring (bicyclic) bond motifs is 1. The second kappa shape index (κ2) is 8.07. The van der Waals surface area contributed by atoms with Gasteiger partial charge in [0.1, 0.15) is 25.4 Å². The van der Waals surface area contributed by atoms with Crippen molar-refractivity contribution in [2.24, 2.45) is 0 Å². The number of hydrogen-bond acceptors (Lipinski definition) is 2. The van der Waals surface area contributed by atoms with Crippen LogP contribution in [0.4, 0.5) is 5.69 Å². The summed E-state index contributed by atoms with van der Waals surface area (Å²) in [5, 5.41) is 0. The van der Waals surface area contributed by atoms with Gasteiger partial charge in [-0.25, -0.2) is 4.58 Å². The largest absolute Gasteiger partial charge is 0.483 e. The topological polar surface area (TPSA) is 15.5 Å². The lowest BCUT2D eigenvalue weighted by Crippen LogP contribution is -2.28. The minimum Gasteiger partial charge on any atom is -0.483 e. The molecule has 0 amide bonds. The molecule has 0 unspecified atom stereocenters. The van der Waals surface area contributed by atoms with E-state index >= 15 is 0 Å². The number of para-hydroxylation sites is 1. The predicted molar refractivity (Wildman–Crippen MR) is 132 cm³/mol. The van der Waals surface area contributed by atoms with Crippen molar-refractivity contribution < 1.29 is 9.31 Å². The molecule has 0 radical (unpaired) electrons. The van der Waals surface area contributed by atoms with Crippen LogP contribution in [-0.4, -0.2) is 44.1 Å². The van der Waals surface area contributed by atoms with Crippen molar-refractivity contribution in [3.63, 3.8) is 0 Å². The lowest BCUT2D eigenvalue weighted by molar-refractivity contribution is -0.462. The van der Waals surface area contributed by atoms with Crippen LogP contribution in [0.1, 0.15) is 30.5 Å². The van der Waals surface area contributed by atoms with Crippen LogP contribution < -0.4 is 9.64 Å². The third-order valence-electron chi connectivity index (χ3n) is 5.69. The Morgan fingerprint density at radius 3 is 2.16 bits per heavy atom. The van der Waals surface area contributed by atoms with Gasteiger partial charge in [0.05, 0.1) is 0 Å². The zero-order valence-corrected chi connectivity index (χ0v) is 19.3. The normalized spacial score (nSPS) is 16.1. The van der Waals surface area contributed by atoms with Gasteiger partial charge in [0.15, 0.2) is 5.71 Å². The molecule has 0 fully saturated rings. The Hall–Kier alpha value is -3.33. The average molecular weight is 412 g/mol. The lowest BCUT2D eigenvalue weighted by atomic mass is 9.88. The minimum atomic E-state index is -0.336. The van der Waals surface area contributed by atoms with Gasteiger partial charge >= 0.3 is 0 Å². The molecule has 0 N–H and O–H groups in total.